The fourth-order valence-electron chi connectivity index (χ4n) is 1.39. The quantitative estimate of drug-likeness (QED) is 0.715. The van der Waals surface area contributed by atoms with Gasteiger partial charge in [0.2, 0.25) is 0 Å². The highest BCUT2D eigenvalue weighted by Gasteiger charge is 2.10. The lowest BCUT2D eigenvalue weighted by atomic mass is 10.1. The van der Waals surface area contributed by atoms with Crippen molar-refractivity contribution in [2.45, 2.75) is 13.3 Å². The van der Waals surface area contributed by atoms with E-state index in [2.05, 4.69) is 0 Å². The van der Waals surface area contributed by atoms with E-state index in [9.17, 15) is 4.79 Å². The first-order valence-corrected chi connectivity index (χ1v) is 5.07. The molecule has 0 bridgehead atoms. The maximum Gasteiger partial charge on any atom is 0.310 e. The number of hydrogen-bond donors (Lipinski definition) is 0. The minimum Gasteiger partial charge on any atom is -0.497 e. The molecule has 0 spiro atoms. The van der Waals surface area contributed by atoms with Crippen molar-refractivity contribution in [2.75, 3.05) is 20.8 Å². The second-order valence-electron chi connectivity index (χ2n) is 3.16. The third-order valence-corrected chi connectivity index (χ3v) is 2.13. The molecular formula is C12H16O4. The Morgan fingerprint density at radius 1 is 1.25 bits per heavy atom. The molecule has 0 atom stereocenters. The van der Waals surface area contributed by atoms with E-state index >= 15 is 0 Å². The largest absolute Gasteiger partial charge is 0.497 e. The van der Waals surface area contributed by atoms with E-state index in [1.165, 1.54) is 0 Å². The number of methoxy groups -OCH3 is 2. The Balaban J connectivity index is 2.86. The summed E-state index contributed by atoms with van der Waals surface area (Å²) in [6.45, 7) is 2.16. The summed E-state index contributed by atoms with van der Waals surface area (Å²) in [4.78, 5) is 11.4. The summed E-state index contributed by atoms with van der Waals surface area (Å²) >= 11 is 0. The molecule has 1 rings (SSSR count). The highest BCUT2D eigenvalue weighted by atomic mass is 16.5. The molecule has 4 heteroatoms. The minimum absolute atomic E-state index is 0.189. The fraction of sp³-hybridized carbons (Fsp3) is 0.417. The van der Waals surface area contributed by atoms with Crippen LogP contribution in [0.4, 0.5) is 0 Å². The Bertz CT molecular complexity index is 360. The van der Waals surface area contributed by atoms with Gasteiger partial charge in [0.25, 0.3) is 0 Å². The summed E-state index contributed by atoms with van der Waals surface area (Å²) in [5, 5.41) is 0. The standard InChI is InChI=1S/C12H16O4/c1-4-16-12(13)8-9-7-10(14-2)5-6-11(9)15-3/h5-7H,4,8H2,1-3H3. The molecule has 0 aliphatic carbocycles. The normalized spacial score (nSPS) is 9.69. The monoisotopic (exact) mass is 224 g/mol. The van der Waals surface area contributed by atoms with Crippen LogP contribution in [-0.4, -0.2) is 26.8 Å². The predicted octanol–water partition coefficient (Wildman–Crippen LogP) is 1.81. The van der Waals surface area contributed by atoms with Crippen LogP contribution in [0.25, 0.3) is 0 Å². The third kappa shape index (κ3) is 3.15. The number of carbonyl (C=O) groups excluding carboxylic acids is 1. The van der Waals surface area contributed by atoms with Crippen molar-refractivity contribution >= 4 is 5.97 Å². The highest BCUT2D eigenvalue weighted by molar-refractivity contribution is 5.73. The first kappa shape index (κ1) is 12.4. The van der Waals surface area contributed by atoms with E-state index in [1.807, 2.05) is 0 Å². The van der Waals surface area contributed by atoms with Gasteiger partial charge >= 0.3 is 5.97 Å². The van der Waals surface area contributed by atoms with Gasteiger partial charge in [-0.3, -0.25) is 4.79 Å². The summed E-state index contributed by atoms with van der Waals surface area (Å²) in [6.07, 6.45) is 0.189. The smallest absolute Gasteiger partial charge is 0.310 e. The van der Waals surface area contributed by atoms with E-state index in [4.69, 9.17) is 14.2 Å². The van der Waals surface area contributed by atoms with Crippen molar-refractivity contribution in [2.24, 2.45) is 0 Å². The summed E-state index contributed by atoms with van der Waals surface area (Å²) in [6, 6.07) is 5.33. The molecular weight excluding hydrogens is 208 g/mol. The lowest BCUT2D eigenvalue weighted by Gasteiger charge is -2.09. The fourth-order valence-corrected chi connectivity index (χ4v) is 1.39. The van der Waals surface area contributed by atoms with Crippen molar-refractivity contribution in [3.8, 4) is 11.5 Å². The number of hydrogen-bond acceptors (Lipinski definition) is 4. The zero-order valence-corrected chi connectivity index (χ0v) is 9.78. The van der Waals surface area contributed by atoms with Gasteiger partial charge in [0.15, 0.2) is 0 Å². The van der Waals surface area contributed by atoms with Gasteiger partial charge in [-0.05, 0) is 25.1 Å². The van der Waals surface area contributed by atoms with Crippen LogP contribution in [-0.2, 0) is 16.0 Å². The van der Waals surface area contributed by atoms with E-state index in [0.29, 0.717) is 18.1 Å². The Labute approximate surface area is 95.1 Å². The molecule has 0 aromatic heterocycles. The second-order valence-corrected chi connectivity index (χ2v) is 3.16. The average molecular weight is 224 g/mol. The molecule has 0 aliphatic rings. The maximum absolute atomic E-state index is 11.4. The molecule has 1 aromatic carbocycles. The minimum atomic E-state index is -0.269. The Morgan fingerprint density at radius 3 is 2.56 bits per heavy atom. The molecule has 0 unspecified atom stereocenters. The van der Waals surface area contributed by atoms with Crippen LogP contribution in [0.3, 0.4) is 0 Å². The van der Waals surface area contributed by atoms with E-state index < -0.39 is 0 Å². The molecule has 0 aliphatic heterocycles. The van der Waals surface area contributed by atoms with Crippen LogP contribution in [0.2, 0.25) is 0 Å². The second kappa shape index (κ2) is 6.00. The molecule has 0 N–H and O–H groups in total. The summed E-state index contributed by atoms with van der Waals surface area (Å²) in [5.41, 5.74) is 0.764. The summed E-state index contributed by atoms with van der Waals surface area (Å²) in [5.74, 6) is 1.09. The van der Waals surface area contributed by atoms with Gasteiger partial charge in [0.05, 0.1) is 27.2 Å². The van der Waals surface area contributed by atoms with E-state index in [0.717, 1.165) is 5.56 Å². The molecule has 16 heavy (non-hydrogen) atoms. The van der Waals surface area contributed by atoms with Crippen LogP contribution in [0, 0.1) is 0 Å². The molecule has 88 valence electrons. The number of esters is 1. The Morgan fingerprint density at radius 2 is 2.00 bits per heavy atom. The molecule has 0 radical (unpaired) electrons. The van der Waals surface area contributed by atoms with Gasteiger partial charge in [0.1, 0.15) is 11.5 Å². The van der Waals surface area contributed by atoms with Crippen molar-refractivity contribution in [3.05, 3.63) is 23.8 Å². The molecule has 4 nitrogen and oxygen atoms in total. The van der Waals surface area contributed by atoms with Crippen molar-refractivity contribution < 1.29 is 19.0 Å². The van der Waals surface area contributed by atoms with E-state index in [-0.39, 0.29) is 12.4 Å². The van der Waals surface area contributed by atoms with Gasteiger partial charge in [-0.1, -0.05) is 0 Å². The van der Waals surface area contributed by atoms with Crippen molar-refractivity contribution in [1.29, 1.82) is 0 Å². The van der Waals surface area contributed by atoms with Crippen LogP contribution in [0.1, 0.15) is 12.5 Å². The summed E-state index contributed by atoms with van der Waals surface area (Å²) in [7, 11) is 3.15. The number of ether oxygens (including phenoxy) is 3. The lowest BCUT2D eigenvalue weighted by molar-refractivity contribution is -0.142. The topological polar surface area (TPSA) is 44.8 Å². The highest BCUT2D eigenvalue weighted by Crippen LogP contribution is 2.24. The van der Waals surface area contributed by atoms with Crippen LogP contribution in [0.15, 0.2) is 18.2 Å². The first-order chi connectivity index (χ1) is 7.71. The maximum atomic E-state index is 11.4. The van der Waals surface area contributed by atoms with E-state index in [1.54, 1.807) is 39.3 Å². The lowest BCUT2D eigenvalue weighted by Crippen LogP contribution is -2.08. The van der Waals surface area contributed by atoms with Gasteiger partial charge in [-0.25, -0.2) is 0 Å². The summed E-state index contributed by atoms with van der Waals surface area (Å²) < 4.78 is 15.1. The average Bonchev–Trinajstić information content (AvgIpc) is 2.29. The SMILES string of the molecule is CCOC(=O)Cc1cc(OC)ccc1OC. The molecule has 0 saturated carbocycles. The first-order valence-electron chi connectivity index (χ1n) is 5.07. The zero-order valence-electron chi connectivity index (χ0n) is 9.78. The zero-order chi connectivity index (χ0) is 12.0. The van der Waals surface area contributed by atoms with Crippen molar-refractivity contribution in [1.82, 2.24) is 0 Å². The molecule has 1 aromatic rings. The molecule has 0 saturated heterocycles. The number of rotatable bonds is 5. The molecule has 0 heterocycles. The Hall–Kier alpha value is -1.71. The van der Waals surface area contributed by atoms with Crippen LogP contribution >= 0.6 is 0 Å². The third-order valence-electron chi connectivity index (χ3n) is 2.13. The van der Waals surface area contributed by atoms with Gasteiger partial charge in [-0.15, -0.1) is 0 Å². The Kier molecular flexibility index (Phi) is 4.64. The van der Waals surface area contributed by atoms with Gasteiger partial charge < -0.3 is 14.2 Å². The number of carbonyl (C=O) groups is 1. The van der Waals surface area contributed by atoms with Gasteiger partial charge in [0, 0.05) is 5.56 Å². The van der Waals surface area contributed by atoms with Crippen LogP contribution < -0.4 is 9.47 Å². The van der Waals surface area contributed by atoms with Crippen LogP contribution in [0.5, 0.6) is 11.5 Å². The molecule has 0 fully saturated rings. The number of benzene rings is 1. The van der Waals surface area contributed by atoms with Crippen molar-refractivity contribution in [3.63, 3.8) is 0 Å². The predicted molar refractivity (Wildman–Crippen MR) is 59.9 cm³/mol. The van der Waals surface area contributed by atoms with Gasteiger partial charge in [-0.2, -0.15) is 0 Å². The molecule has 0 amide bonds.